The van der Waals surface area contributed by atoms with E-state index in [1.54, 1.807) is 30.3 Å². The number of carbonyl (C=O) groups excluding carboxylic acids is 1. The molecule has 1 amide bonds. The normalized spacial score (nSPS) is 17.5. The molecule has 42 heavy (non-hydrogen) atoms. The molecule has 2 atom stereocenters. The molecule has 212 valence electrons. The number of carbonyl (C=O) groups is 1. The lowest BCUT2D eigenvalue weighted by Crippen LogP contribution is -2.49. The monoisotopic (exact) mass is 561 g/mol. The van der Waals surface area contributed by atoms with E-state index in [-0.39, 0.29) is 18.9 Å². The van der Waals surface area contributed by atoms with E-state index in [1.165, 1.54) is 0 Å². The third kappa shape index (κ3) is 6.44. The molecule has 4 aromatic carbocycles. The van der Waals surface area contributed by atoms with Crippen molar-refractivity contribution in [3.63, 3.8) is 0 Å². The zero-order valence-electron chi connectivity index (χ0n) is 23.0. The maximum atomic E-state index is 14.3. The highest BCUT2D eigenvalue weighted by Crippen LogP contribution is 2.45. The molecule has 4 aromatic rings. The molecule has 1 aliphatic rings. The standard InChI is InChI=1S/C33H31N5O4/c34-38-37-29-15-8-7-14-28(29)30-33(22-24-10-3-1-4-11-24,32(40)35-23-25-12-5-2-6-13-25)36-31(42-30)26-16-18-27(19-17-26)41-21-9-20-39/h1-8,10-19,30,39H,9,20-23H2,(H,35,40)/t30-,33-/m0/s1. The zero-order chi connectivity index (χ0) is 29.2. The average Bonchev–Trinajstić information content (AvgIpc) is 3.42. The van der Waals surface area contributed by atoms with E-state index in [9.17, 15) is 10.3 Å². The topological polar surface area (TPSA) is 129 Å². The molecule has 0 aromatic heterocycles. The van der Waals surface area contributed by atoms with Crippen molar-refractivity contribution in [2.45, 2.75) is 31.0 Å². The maximum Gasteiger partial charge on any atom is 0.252 e. The van der Waals surface area contributed by atoms with Crippen LogP contribution in [0.4, 0.5) is 5.69 Å². The summed E-state index contributed by atoms with van der Waals surface area (Å²) in [6, 6.07) is 33.7. The average molecular weight is 562 g/mol. The Labute approximate surface area is 244 Å². The van der Waals surface area contributed by atoms with Crippen LogP contribution in [0, 0.1) is 0 Å². The van der Waals surface area contributed by atoms with Crippen LogP contribution in [-0.4, -0.2) is 35.7 Å². The number of nitrogens with zero attached hydrogens (tertiary/aromatic N) is 4. The number of hydrogen-bond acceptors (Lipinski definition) is 6. The summed E-state index contributed by atoms with van der Waals surface area (Å²) in [7, 11) is 0. The van der Waals surface area contributed by atoms with E-state index in [0.717, 1.165) is 11.1 Å². The van der Waals surface area contributed by atoms with E-state index in [2.05, 4.69) is 15.3 Å². The lowest BCUT2D eigenvalue weighted by atomic mass is 9.81. The summed E-state index contributed by atoms with van der Waals surface area (Å²) < 4.78 is 12.2. The first-order valence-electron chi connectivity index (χ1n) is 13.7. The van der Waals surface area contributed by atoms with Gasteiger partial charge in [-0.3, -0.25) is 4.79 Å². The third-order valence-corrected chi connectivity index (χ3v) is 7.01. The van der Waals surface area contributed by atoms with E-state index < -0.39 is 11.6 Å². The van der Waals surface area contributed by atoms with Crippen LogP contribution in [0.5, 0.6) is 5.75 Å². The van der Waals surface area contributed by atoms with Crippen molar-refractivity contribution < 1.29 is 19.4 Å². The smallest absolute Gasteiger partial charge is 0.252 e. The van der Waals surface area contributed by atoms with Gasteiger partial charge in [0.05, 0.1) is 6.61 Å². The Bertz CT molecular complexity index is 1570. The van der Waals surface area contributed by atoms with E-state index in [0.29, 0.717) is 48.0 Å². The van der Waals surface area contributed by atoms with E-state index in [1.807, 2.05) is 78.9 Å². The number of aliphatic imine (C=N–C) groups is 1. The van der Waals surface area contributed by atoms with Gasteiger partial charge in [-0.15, -0.1) is 0 Å². The number of nitrogens with one attached hydrogen (secondary N) is 1. The van der Waals surface area contributed by atoms with Crippen molar-refractivity contribution in [2.75, 3.05) is 13.2 Å². The number of aliphatic hydroxyl groups excluding tert-OH is 1. The van der Waals surface area contributed by atoms with Gasteiger partial charge in [0.1, 0.15) is 5.75 Å². The van der Waals surface area contributed by atoms with E-state index in [4.69, 9.17) is 19.6 Å². The Morgan fingerprint density at radius 2 is 1.62 bits per heavy atom. The quantitative estimate of drug-likeness (QED) is 0.0922. The number of aliphatic hydroxyl groups is 1. The number of azide groups is 1. The molecule has 5 rings (SSSR count). The SMILES string of the molecule is [N-]=[N+]=Nc1ccccc1[C@@H]1OC(c2ccc(OCCCO)cc2)=N[C@]1(Cc1ccccc1)C(=O)NCc1ccccc1. The second-order valence-corrected chi connectivity index (χ2v) is 9.87. The van der Waals surface area contributed by atoms with Crippen LogP contribution < -0.4 is 10.1 Å². The van der Waals surface area contributed by atoms with Gasteiger partial charge in [-0.2, -0.15) is 0 Å². The van der Waals surface area contributed by atoms with Crippen molar-refractivity contribution in [3.05, 3.63) is 142 Å². The second kappa shape index (κ2) is 13.5. The van der Waals surface area contributed by atoms with Gasteiger partial charge in [-0.05, 0) is 40.9 Å². The molecule has 9 heteroatoms. The first-order valence-corrected chi connectivity index (χ1v) is 13.7. The van der Waals surface area contributed by atoms with Crippen molar-refractivity contribution in [2.24, 2.45) is 10.1 Å². The Morgan fingerprint density at radius 3 is 2.31 bits per heavy atom. The van der Waals surface area contributed by atoms with Crippen molar-refractivity contribution in [1.29, 1.82) is 0 Å². The van der Waals surface area contributed by atoms with Gasteiger partial charge in [0.15, 0.2) is 11.6 Å². The minimum Gasteiger partial charge on any atom is -0.494 e. The van der Waals surface area contributed by atoms with Crippen LogP contribution in [0.15, 0.2) is 119 Å². The van der Waals surface area contributed by atoms with Crippen LogP contribution in [0.3, 0.4) is 0 Å². The van der Waals surface area contributed by atoms with Crippen molar-refractivity contribution in [1.82, 2.24) is 5.32 Å². The zero-order valence-corrected chi connectivity index (χ0v) is 23.0. The Morgan fingerprint density at radius 1 is 0.952 bits per heavy atom. The highest BCUT2D eigenvalue weighted by atomic mass is 16.5. The van der Waals surface area contributed by atoms with Crippen LogP contribution in [0.25, 0.3) is 10.4 Å². The fourth-order valence-corrected chi connectivity index (χ4v) is 4.95. The summed E-state index contributed by atoms with van der Waals surface area (Å²) in [6.45, 7) is 0.760. The van der Waals surface area contributed by atoms with Gasteiger partial charge in [0, 0.05) is 47.7 Å². The molecule has 0 fully saturated rings. The van der Waals surface area contributed by atoms with Crippen molar-refractivity contribution in [3.8, 4) is 5.75 Å². The highest BCUT2D eigenvalue weighted by Gasteiger charge is 2.53. The maximum absolute atomic E-state index is 14.3. The molecule has 9 nitrogen and oxygen atoms in total. The molecule has 0 saturated carbocycles. The lowest BCUT2D eigenvalue weighted by molar-refractivity contribution is -0.129. The number of amides is 1. The molecule has 0 radical (unpaired) electrons. The summed E-state index contributed by atoms with van der Waals surface area (Å²) >= 11 is 0. The molecule has 0 bridgehead atoms. The fourth-order valence-electron chi connectivity index (χ4n) is 4.95. The number of rotatable bonds is 12. The summed E-state index contributed by atoms with van der Waals surface area (Å²) in [4.78, 5) is 22.4. The molecule has 0 saturated heterocycles. The predicted molar refractivity (Wildman–Crippen MR) is 160 cm³/mol. The summed E-state index contributed by atoms with van der Waals surface area (Å²) in [6.07, 6.45) is -0.106. The van der Waals surface area contributed by atoms with Gasteiger partial charge in [0.25, 0.3) is 5.91 Å². The Hall–Kier alpha value is -5.11. The highest BCUT2D eigenvalue weighted by molar-refractivity contribution is 6.01. The summed E-state index contributed by atoms with van der Waals surface area (Å²) in [5, 5.41) is 16.0. The molecular formula is C33H31N5O4. The van der Waals surface area contributed by atoms with Gasteiger partial charge >= 0.3 is 0 Å². The molecule has 1 aliphatic heterocycles. The van der Waals surface area contributed by atoms with Crippen LogP contribution in [0.1, 0.15) is 34.8 Å². The van der Waals surface area contributed by atoms with Gasteiger partial charge in [-0.1, -0.05) is 90.0 Å². The molecule has 2 N–H and O–H groups in total. The second-order valence-electron chi connectivity index (χ2n) is 9.87. The third-order valence-electron chi connectivity index (χ3n) is 7.01. The summed E-state index contributed by atoms with van der Waals surface area (Å²) in [5.74, 6) is 0.630. The van der Waals surface area contributed by atoms with Crippen molar-refractivity contribution >= 4 is 17.5 Å². The molecular weight excluding hydrogens is 530 g/mol. The number of benzene rings is 4. The molecule has 1 heterocycles. The van der Waals surface area contributed by atoms with Crippen LogP contribution >= 0.6 is 0 Å². The fraction of sp³-hybridized carbons (Fsp3) is 0.212. The molecule has 0 spiro atoms. The van der Waals surface area contributed by atoms with E-state index >= 15 is 0 Å². The first kappa shape index (κ1) is 28.4. The Balaban J connectivity index is 1.59. The van der Waals surface area contributed by atoms with Gasteiger partial charge < -0.3 is 19.9 Å². The van der Waals surface area contributed by atoms with Gasteiger partial charge in [0.2, 0.25) is 5.90 Å². The lowest BCUT2D eigenvalue weighted by Gasteiger charge is -2.31. The Kier molecular flexibility index (Phi) is 9.13. The minimum absolute atomic E-state index is 0.0528. The largest absolute Gasteiger partial charge is 0.494 e. The number of ether oxygens (including phenoxy) is 2. The van der Waals surface area contributed by atoms with Gasteiger partial charge in [-0.25, -0.2) is 4.99 Å². The number of hydrogen-bond donors (Lipinski definition) is 2. The van der Waals surface area contributed by atoms with Crippen LogP contribution in [-0.2, 0) is 22.5 Å². The summed E-state index contributed by atoms with van der Waals surface area (Å²) in [5.41, 5.74) is 11.3. The predicted octanol–water partition coefficient (Wildman–Crippen LogP) is 6.21. The molecule has 0 aliphatic carbocycles. The van der Waals surface area contributed by atoms with Crippen LogP contribution in [0.2, 0.25) is 0 Å². The first-order chi connectivity index (χ1) is 20.6. The minimum atomic E-state index is -1.41. The molecule has 0 unspecified atom stereocenters.